The maximum atomic E-state index is 9.37. The summed E-state index contributed by atoms with van der Waals surface area (Å²) in [6.45, 7) is 4.25. The average molecular weight is 150 g/mol. The fourth-order valence-corrected chi connectivity index (χ4v) is 0. The Morgan fingerprint density at radius 1 is 1.40 bits per heavy atom. The highest BCUT2D eigenvalue weighted by molar-refractivity contribution is 5.66. The summed E-state index contributed by atoms with van der Waals surface area (Å²) in [6.07, 6.45) is 0.222. The molecule has 4 nitrogen and oxygen atoms in total. The van der Waals surface area contributed by atoms with Crippen molar-refractivity contribution in [3.8, 4) is 0 Å². The van der Waals surface area contributed by atoms with E-state index in [0.29, 0.717) is 0 Å². The quantitative estimate of drug-likeness (QED) is 0.491. The number of carbonyl (C=O) groups is 1. The van der Waals surface area contributed by atoms with E-state index in [0.717, 1.165) is 6.54 Å². The molecule has 0 unspecified atom stereocenters. The standard InChI is InChI=1S/C3H6O2.C2H7N.CH5N/c1-2-3(4)5;1-2-3;1-2/h2H2,1H3,(H,4,5);2-3H2,1H3;2H2,1H3. The van der Waals surface area contributed by atoms with Crippen molar-refractivity contribution >= 4 is 5.97 Å². The summed E-state index contributed by atoms with van der Waals surface area (Å²) < 4.78 is 0. The first kappa shape index (κ1) is 16.2. The van der Waals surface area contributed by atoms with E-state index in [1.807, 2.05) is 6.92 Å². The van der Waals surface area contributed by atoms with E-state index in [2.05, 4.69) is 5.73 Å². The van der Waals surface area contributed by atoms with E-state index in [9.17, 15) is 4.79 Å². The van der Waals surface area contributed by atoms with Crippen LogP contribution in [0, 0.1) is 0 Å². The summed E-state index contributed by atoms with van der Waals surface area (Å²) in [7, 11) is 1.50. The van der Waals surface area contributed by atoms with Crippen molar-refractivity contribution in [3.63, 3.8) is 0 Å². The lowest BCUT2D eigenvalue weighted by Crippen LogP contribution is -1.87. The van der Waals surface area contributed by atoms with Gasteiger partial charge in [-0.25, -0.2) is 0 Å². The summed E-state index contributed by atoms with van der Waals surface area (Å²) in [6, 6.07) is 0. The number of carboxylic acid groups (broad SMARTS) is 1. The van der Waals surface area contributed by atoms with Crippen LogP contribution in [0.5, 0.6) is 0 Å². The van der Waals surface area contributed by atoms with Crippen LogP contribution in [0.1, 0.15) is 20.3 Å². The molecule has 0 rings (SSSR count). The van der Waals surface area contributed by atoms with Crippen molar-refractivity contribution in [2.24, 2.45) is 11.5 Å². The SMILES string of the molecule is CCC(=O)O.CCN.CN. The van der Waals surface area contributed by atoms with Crippen molar-refractivity contribution in [3.05, 3.63) is 0 Å². The molecule has 0 aromatic rings. The van der Waals surface area contributed by atoms with Crippen LogP contribution >= 0.6 is 0 Å². The highest BCUT2D eigenvalue weighted by atomic mass is 16.4. The second-order valence-electron chi connectivity index (χ2n) is 1.16. The van der Waals surface area contributed by atoms with Gasteiger partial charge in [-0.2, -0.15) is 0 Å². The molecule has 0 bridgehead atoms. The van der Waals surface area contributed by atoms with Gasteiger partial charge in [0.1, 0.15) is 0 Å². The summed E-state index contributed by atoms with van der Waals surface area (Å²) in [5.74, 6) is -0.745. The minimum atomic E-state index is -0.745. The fourth-order valence-electron chi connectivity index (χ4n) is 0. The summed E-state index contributed by atoms with van der Waals surface area (Å²) >= 11 is 0. The van der Waals surface area contributed by atoms with Crippen LogP contribution in [0.3, 0.4) is 0 Å². The summed E-state index contributed by atoms with van der Waals surface area (Å²) in [5, 5.41) is 7.72. The highest BCUT2D eigenvalue weighted by Crippen LogP contribution is 1.67. The van der Waals surface area contributed by atoms with Crippen molar-refractivity contribution in [1.82, 2.24) is 0 Å². The second kappa shape index (κ2) is 23.8. The third-order valence-corrected chi connectivity index (χ3v) is 0.302. The van der Waals surface area contributed by atoms with Crippen molar-refractivity contribution in [2.75, 3.05) is 13.6 Å². The van der Waals surface area contributed by atoms with Crippen molar-refractivity contribution < 1.29 is 9.90 Å². The molecule has 0 atom stereocenters. The first-order valence-electron chi connectivity index (χ1n) is 3.18. The van der Waals surface area contributed by atoms with Crippen LogP contribution < -0.4 is 11.5 Å². The van der Waals surface area contributed by atoms with Gasteiger partial charge in [0.05, 0.1) is 0 Å². The van der Waals surface area contributed by atoms with Gasteiger partial charge in [0.15, 0.2) is 0 Å². The Kier molecular flexibility index (Phi) is 38.5. The van der Waals surface area contributed by atoms with Gasteiger partial charge >= 0.3 is 5.97 Å². The first-order valence-corrected chi connectivity index (χ1v) is 3.18. The largest absolute Gasteiger partial charge is 0.481 e. The van der Waals surface area contributed by atoms with Gasteiger partial charge in [0.2, 0.25) is 0 Å². The van der Waals surface area contributed by atoms with Gasteiger partial charge < -0.3 is 16.6 Å². The van der Waals surface area contributed by atoms with Crippen LogP contribution in [0.15, 0.2) is 0 Å². The summed E-state index contributed by atoms with van der Waals surface area (Å²) in [5.41, 5.74) is 9.35. The molecule has 0 aromatic heterocycles. The molecule has 0 aliphatic rings. The molecule has 0 aliphatic carbocycles. The molecule has 10 heavy (non-hydrogen) atoms. The number of carboxylic acids is 1. The molecule has 0 spiro atoms. The lowest BCUT2D eigenvalue weighted by Gasteiger charge is -1.71. The third-order valence-electron chi connectivity index (χ3n) is 0.302. The second-order valence-corrected chi connectivity index (χ2v) is 1.16. The molecule has 0 radical (unpaired) electrons. The van der Waals surface area contributed by atoms with Gasteiger partial charge in [-0.15, -0.1) is 0 Å². The van der Waals surface area contributed by atoms with Crippen LogP contribution in [0.2, 0.25) is 0 Å². The van der Waals surface area contributed by atoms with E-state index in [-0.39, 0.29) is 6.42 Å². The van der Waals surface area contributed by atoms with Crippen LogP contribution in [-0.4, -0.2) is 24.7 Å². The molecule has 64 valence electrons. The molecule has 0 aliphatic heterocycles. The Bertz CT molecular complexity index is 57.7. The first-order chi connectivity index (χ1) is 4.68. The highest BCUT2D eigenvalue weighted by Gasteiger charge is 1.80. The fraction of sp³-hybridized carbons (Fsp3) is 0.833. The lowest BCUT2D eigenvalue weighted by atomic mass is 10.5. The zero-order valence-electron chi connectivity index (χ0n) is 6.92. The number of hydrogen-bond acceptors (Lipinski definition) is 3. The number of hydrogen-bond donors (Lipinski definition) is 3. The van der Waals surface area contributed by atoms with Crippen LogP contribution in [-0.2, 0) is 4.79 Å². The number of aliphatic carboxylic acids is 1. The third kappa shape index (κ3) is 156. The number of rotatable bonds is 1. The Balaban J connectivity index is -0.0000000847. The Labute approximate surface area is 62.2 Å². The van der Waals surface area contributed by atoms with E-state index in [4.69, 9.17) is 10.8 Å². The van der Waals surface area contributed by atoms with Gasteiger partial charge in [-0.3, -0.25) is 4.79 Å². The van der Waals surface area contributed by atoms with Crippen molar-refractivity contribution in [1.29, 1.82) is 0 Å². The maximum Gasteiger partial charge on any atom is 0.303 e. The predicted octanol–water partition coefficient (Wildman–Crippen LogP) is 0.0209. The summed E-state index contributed by atoms with van der Waals surface area (Å²) in [4.78, 5) is 9.37. The Morgan fingerprint density at radius 2 is 1.50 bits per heavy atom. The smallest absolute Gasteiger partial charge is 0.303 e. The topological polar surface area (TPSA) is 89.3 Å². The van der Waals surface area contributed by atoms with Gasteiger partial charge in [0, 0.05) is 6.42 Å². The van der Waals surface area contributed by atoms with Crippen molar-refractivity contribution in [2.45, 2.75) is 20.3 Å². The molecular weight excluding hydrogens is 132 g/mol. The lowest BCUT2D eigenvalue weighted by molar-refractivity contribution is -0.136. The van der Waals surface area contributed by atoms with Gasteiger partial charge in [-0.05, 0) is 13.6 Å². The predicted molar refractivity (Wildman–Crippen MR) is 42.8 cm³/mol. The van der Waals surface area contributed by atoms with E-state index < -0.39 is 5.97 Å². The molecule has 5 N–H and O–H groups in total. The normalized spacial score (nSPS) is 6.10. The molecule has 0 fully saturated rings. The molecule has 0 heterocycles. The molecule has 0 amide bonds. The zero-order valence-corrected chi connectivity index (χ0v) is 6.92. The van der Waals surface area contributed by atoms with E-state index >= 15 is 0 Å². The maximum absolute atomic E-state index is 9.37. The zero-order chi connectivity index (χ0) is 8.99. The Morgan fingerprint density at radius 3 is 1.50 bits per heavy atom. The molecule has 0 saturated heterocycles. The molecule has 4 heteroatoms. The molecule has 0 saturated carbocycles. The minimum Gasteiger partial charge on any atom is -0.481 e. The van der Waals surface area contributed by atoms with E-state index in [1.54, 1.807) is 6.92 Å². The van der Waals surface area contributed by atoms with Gasteiger partial charge in [0.25, 0.3) is 0 Å². The van der Waals surface area contributed by atoms with Crippen LogP contribution in [0.25, 0.3) is 0 Å². The van der Waals surface area contributed by atoms with Gasteiger partial charge in [-0.1, -0.05) is 13.8 Å². The van der Waals surface area contributed by atoms with E-state index in [1.165, 1.54) is 7.05 Å². The molecular formula is C6H18N2O2. The average Bonchev–Trinajstić information content (AvgIpc) is 1.94. The molecule has 0 aromatic carbocycles. The number of nitrogens with two attached hydrogens (primary N) is 2. The Hall–Kier alpha value is -0.610. The monoisotopic (exact) mass is 150 g/mol. The van der Waals surface area contributed by atoms with Crippen LogP contribution in [0.4, 0.5) is 0 Å². The minimum absolute atomic E-state index is 0.222.